The number of fused-ring (bicyclic) bond motifs is 1. The number of hydrogen-bond donors (Lipinski definition) is 10. The van der Waals surface area contributed by atoms with Gasteiger partial charge in [-0.05, 0) is 6.07 Å². The molecule has 0 aliphatic carbocycles. The lowest BCUT2D eigenvalue weighted by Gasteiger charge is -2.22. The van der Waals surface area contributed by atoms with E-state index in [4.69, 9.17) is 20.9 Å². The van der Waals surface area contributed by atoms with Crippen LogP contribution in [0.15, 0.2) is 35.6 Å². The zero-order valence-corrected chi connectivity index (χ0v) is 27.0. The zero-order valence-electron chi connectivity index (χ0n) is 24.3. The number of aromatic amines is 1. The zero-order chi connectivity index (χ0) is 36.1. The minimum Gasteiger partial charge on any atom is -0.387 e. The first kappa shape index (κ1) is 37.2. The maximum Gasteiger partial charge on any atom is 0.481 e. The van der Waals surface area contributed by atoms with Crippen LogP contribution in [0.5, 0.6) is 0 Å². The minimum absolute atomic E-state index is 0.0318. The summed E-state index contributed by atoms with van der Waals surface area (Å²) in [4.78, 5) is 72.5. The van der Waals surface area contributed by atoms with E-state index in [2.05, 4.69) is 32.8 Å². The number of nitrogens with two attached hydrogens (primary N) is 2. The molecule has 5 rings (SSSR count). The molecule has 3 aromatic rings. The highest BCUT2D eigenvalue weighted by Gasteiger charge is 2.51. The predicted molar refractivity (Wildman–Crippen MR) is 153 cm³/mol. The summed E-state index contributed by atoms with van der Waals surface area (Å²) < 4.78 is 68.1. The summed E-state index contributed by atoms with van der Waals surface area (Å²) in [6, 6.07) is 2.77. The molecule has 49 heavy (non-hydrogen) atoms. The summed E-state index contributed by atoms with van der Waals surface area (Å²) in [5, 5.41) is 31.5. The van der Waals surface area contributed by atoms with Crippen LogP contribution in [0.1, 0.15) is 22.8 Å². The summed E-state index contributed by atoms with van der Waals surface area (Å²) >= 11 is 0. The van der Waals surface area contributed by atoms with Gasteiger partial charge in [-0.15, -0.1) is 0 Å². The molecule has 12 N–H and O–H groups in total. The summed E-state index contributed by atoms with van der Waals surface area (Å²) in [6.07, 6.45) is -10.0. The summed E-state index contributed by atoms with van der Waals surface area (Å²) in [5.41, 5.74) is 9.49. The molecule has 25 nitrogen and oxygen atoms in total. The maximum absolute atomic E-state index is 12.6. The van der Waals surface area contributed by atoms with E-state index in [1.54, 1.807) is 0 Å². The Hall–Kier alpha value is -3.06. The van der Waals surface area contributed by atoms with E-state index in [9.17, 15) is 58.2 Å². The van der Waals surface area contributed by atoms with E-state index in [-0.39, 0.29) is 22.7 Å². The van der Waals surface area contributed by atoms with Gasteiger partial charge in [-0.1, -0.05) is 0 Å². The SMILES string of the molecule is NC(=O)c1ccc[n+]([C@H]2O[C@@H](COP(=O)(O)OP(=O)(O)OC[C@H]3O[C@@H](n4cnc5c(=O)[nH]c(N)nc54)[C@H](OP(=O)(O)O)[C@@H]3O)[C@H](O)[C@@H]2O)c1. The van der Waals surface area contributed by atoms with Crippen molar-refractivity contribution in [3.63, 3.8) is 0 Å². The van der Waals surface area contributed by atoms with Gasteiger partial charge in [-0.3, -0.25) is 32.7 Å². The number of pyridine rings is 1. The van der Waals surface area contributed by atoms with Gasteiger partial charge in [0.2, 0.25) is 5.95 Å². The van der Waals surface area contributed by atoms with Crippen LogP contribution in [-0.4, -0.2) is 110 Å². The molecule has 2 unspecified atom stereocenters. The molecule has 5 heterocycles. The second kappa shape index (κ2) is 13.9. The standard InChI is InChI=1S/C21H28N7O18P3/c22-16(32)8-2-1-3-27(4-8)19-14(31)12(29)9(43-19)5-41-48(37,38)46-49(39,40)42-6-10-13(30)15(45-47(34,35)36)20(44-10)28-7-24-11-17(28)25-21(23)26-18(11)33/h1-4,7,9-10,12-15,19-20,29-31H,5-6H2,(H8-,22,23,25,26,32,33,34,35,36,37,38,39,40)/p+1/t9-,10+,12-,13+,14-,15+,19-,20+/m0/s1. The van der Waals surface area contributed by atoms with Crippen LogP contribution in [0.4, 0.5) is 5.95 Å². The smallest absolute Gasteiger partial charge is 0.387 e. The Morgan fingerprint density at radius 3 is 2.27 bits per heavy atom. The Bertz CT molecular complexity index is 1920. The molecule has 0 aromatic carbocycles. The molecule has 1 amide bonds. The number of nitrogen functional groups attached to an aromatic ring is 1. The third-order valence-corrected chi connectivity index (χ3v) is 10.2. The molecule has 2 aliphatic rings. The Morgan fingerprint density at radius 2 is 1.65 bits per heavy atom. The third-order valence-electron chi connectivity index (χ3n) is 7.04. The number of imidazole rings is 1. The van der Waals surface area contributed by atoms with E-state index >= 15 is 0 Å². The molecule has 2 fully saturated rings. The molecular formula is C21H29N7O18P3+. The van der Waals surface area contributed by atoms with Gasteiger partial charge < -0.3 is 55.8 Å². The number of aliphatic hydroxyl groups is 3. The third kappa shape index (κ3) is 8.46. The fraction of sp³-hybridized carbons (Fsp3) is 0.476. The highest BCUT2D eigenvalue weighted by molar-refractivity contribution is 7.61. The van der Waals surface area contributed by atoms with Crippen LogP contribution in [0.2, 0.25) is 0 Å². The molecule has 0 bridgehead atoms. The number of aliphatic hydroxyl groups excluding tert-OH is 3. The van der Waals surface area contributed by atoms with Crippen molar-refractivity contribution in [3.8, 4) is 0 Å². The normalized spacial score (nSPS) is 29.9. The minimum atomic E-state index is -5.57. The molecule has 0 radical (unpaired) electrons. The second-order valence-corrected chi connectivity index (χ2v) is 14.7. The van der Waals surface area contributed by atoms with Crippen LogP contribution >= 0.6 is 23.5 Å². The number of H-pyrrole nitrogens is 1. The Balaban J connectivity index is 1.22. The largest absolute Gasteiger partial charge is 0.481 e. The topological polar surface area (TPSA) is 385 Å². The molecule has 2 saturated heterocycles. The number of aromatic nitrogens is 5. The van der Waals surface area contributed by atoms with Crippen molar-refractivity contribution in [1.82, 2.24) is 19.5 Å². The molecule has 0 saturated carbocycles. The number of carbonyl (C=O) groups is 1. The van der Waals surface area contributed by atoms with E-state index in [0.29, 0.717) is 0 Å². The first-order valence-corrected chi connectivity index (χ1v) is 18.1. The number of carbonyl (C=O) groups excluding carboxylic acids is 1. The number of primary amides is 1. The van der Waals surface area contributed by atoms with Crippen molar-refractivity contribution < 1.29 is 85.3 Å². The van der Waals surface area contributed by atoms with Crippen LogP contribution in [0, 0.1) is 0 Å². The average Bonchev–Trinajstić information content (AvgIpc) is 3.63. The maximum atomic E-state index is 12.6. The number of nitrogens with one attached hydrogen (secondary N) is 1. The number of hydrogen-bond acceptors (Lipinski definition) is 17. The predicted octanol–water partition coefficient (Wildman–Crippen LogP) is -3.61. The highest BCUT2D eigenvalue weighted by Crippen LogP contribution is 2.61. The van der Waals surface area contributed by atoms with Gasteiger partial charge in [0.05, 0.1) is 19.5 Å². The Kier molecular flexibility index (Phi) is 10.6. The number of phosphoric ester groups is 3. The highest BCUT2D eigenvalue weighted by atomic mass is 31.3. The van der Waals surface area contributed by atoms with Gasteiger partial charge in [-0.2, -0.15) is 13.9 Å². The van der Waals surface area contributed by atoms with Gasteiger partial charge in [0.25, 0.3) is 17.7 Å². The van der Waals surface area contributed by atoms with Crippen molar-refractivity contribution in [2.24, 2.45) is 5.73 Å². The van der Waals surface area contributed by atoms with Crippen molar-refractivity contribution in [2.75, 3.05) is 18.9 Å². The van der Waals surface area contributed by atoms with Crippen molar-refractivity contribution in [1.29, 1.82) is 0 Å². The van der Waals surface area contributed by atoms with Crippen LogP contribution in [0.3, 0.4) is 0 Å². The van der Waals surface area contributed by atoms with Gasteiger partial charge in [0.15, 0.2) is 35.9 Å². The number of ether oxygens (including phenoxy) is 2. The number of rotatable bonds is 13. The molecule has 0 spiro atoms. The number of phosphoric acid groups is 3. The van der Waals surface area contributed by atoms with Crippen molar-refractivity contribution in [3.05, 3.63) is 46.8 Å². The monoisotopic (exact) mass is 760 g/mol. The first-order valence-electron chi connectivity index (χ1n) is 13.5. The van der Waals surface area contributed by atoms with E-state index in [0.717, 1.165) is 10.9 Å². The van der Waals surface area contributed by atoms with Crippen LogP contribution in [0.25, 0.3) is 11.2 Å². The number of nitrogens with zero attached hydrogens (tertiary/aromatic N) is 4. The molecule has 270 valence electrons. The lowest BCUT2D eigenvalue weighted by atomic mass is 10.1. The molecule has 3 aromatic heterocycles. The van der Waals surface area contributed by atoms with Gasteiger partial charge in [0.1, 0.15) is 36.1 Å². The molecule has 10 atom stereocenters. The fourth-order valence-corrected chi connectivity index (χ4v) is 7.54. The first-order chi connectivity index (χ1) is 22.7. The van der Waals surface area contributed by atoms with Crippen LogP contribution < -0.4 is 21.6 Å². The number of anilines is 1. The van der Waals surface area contributed by atoms with E-state index < -0.39 is 97.2 Å². The second-order valence-electron chi connectivity index (χ2n) is 10.5. The van der Waals surface area contributed by atoms with Gasteiger partial charge >= 0.3 is 23.5 Å². The van der Waals surface area contributed by atoms with Gasteiger partial charge in [-0.25, -0.2) is 18.7 Å². The van der Waals surface area contributed by atoms with Crippen molar-refractivity contribution >= 4 is 46.5 Å². The lowest BCUT2D eigenvalue weighted by molar-refractivity contribution is -0.765. The molecular weight excluding hydrogens is 731 g/mol. The van der Waals surface area contributed by atoms with Crippen molar-refractivity contribution in [2.45, 2.75) is 49.1 Å². The van der Waals surface area contributed by atoms with Gasteiger partial charge in [0, 0.05) is 6.07 Å². The van der Waals surface area contributed by atoms with E-state index in [1.807, 2.05) is 0 Å². The quantitative estimate of drug-likeness (QED) is 0.0594. The molecule has 2 aliphatic heterocycles. The molecule has 28 heteroatoms. The lowest BCUT2D eigenvalue weighted by Crippen LogP contribution is -2.46. The Morgan fingerprint density at radius 1 is 1.02 bits per heavy atom. The number of amides is 1. The van der Waals surface area contributed by atoms with Crippen LogP contribution in [-0.2, 0) is 41.1 Å². The fourth-order valence-electron chi connectivity index (χ4n) is 4.90. The summed E-state index contributed by atoms with van der Waals surface area (Å²) in [5.74, 6) is -1.18. The summed E-state index contributed by atoms with van der Waals surface area (Å²) in [7, 11) is -16.4. The van der Waals surface area contributed by atoms with E-state index in [1.165, 1.54) is 29.1 Å². The summed E-state index contributed by atoms with van der Waals surface area (Å²) in [6.45, 7) is -2.11. The Labute approximate surface area is 272 Å². The average molecular weight is 760 g/mol.